The molecule has 4 heteroatoms. The Hall–Kier alpha value is -1.63. The first-order chi connectivity index (χ1) is 6.61. The monoisotopic (exact) mass is 190 g/mol. The Bertz CT molecular complexity index is 333. The average molecular weight is 190 g/mol. The maximum Gasteiger partial charge on any atom is 0.129 e. The van der Waals surface area contributed by atoms with Crippen LogP contribution in [0.5, 0.6) is 0 Å². The molecule has 0 aliphatic carbocycles. The van der Waals surface area contributed by atoms with E-state index < -0.39 is 0 Å². The van der Waals surface area contributed by atoms with E-state index in [4.69, 9.17) is 5.26 Å². The summed E-state index contributed by atoms with van der Waals surface area (Å²) in [6.45, 7) is 6.26. The SMILES string of the molecule is Cc1cc(NCC(C)C#N)nc(C)n1. The lowest BCUT2D eigenvalue weighted by atomic mass is 10.2. The minimum Gasteiger partial charge on any atom is -0.369 e. The second-order valence-electron chi connectivity index (χ2n) is 3.35. The number of rotatable bonds is 3. The van der Waals surface area contributed by atoms with E-state index in [0.717, 1.165) is 17.3 Å². The summed E-state index contributed by atoms with van der Waals surface area (Å²) in [5.41, 5.74) is 0.935. The molecule has 0 amide bonds. The first-order valence-corrected chi connectivity index (χ1v) is 4.57. The number of nitrogens with zero attached hydrogens (tertiary/aromatic N) is 3. The van der Waals surface area contributed by atoms with Crippen molar-refractivity contribution in [2.75, 3.05) is 11.9 Å². The Balaban J connectivity index is 2.64. The van der Waals surface area contributed by atoms with Crippen LogP contribution in [0.4, 0.5) is 5.82 Å². The summed E-state index contributed by atoms with van der Waals surface area (Å²) in [7, 11) is 0. The van der Waals surface area contributed by atoms with Gasteiger partial charge in [0.15, 0.2) is 0 Å². The van der Waals surface area contributed by atoms with Crippen LogP contribution < -0.4 is 5.32 Å². The molecular weight excluding hydrogens is 176 g/mol. The zero-order chi connectivity index (χ0) is 10.6. The number of aryl methyl sites for hydroxylation is 2. The molecule has 0 aliphatic heterocycles. The van der Waals surface area contributed by atoms with Crippen LogP contribution in [0.2, 0.25) is 0 Å². The second kappa shape index (κ2) is 4.56. The van der Waals surface area contributed by atoms with Gasteiger partial charge < -0.3 is 5.32 Å². The fourth-order valence-electron chi connectivity index (χ4n) is 1.11. The van der Waals surface area contributed by atoms with Crippen molar-refractivity contribution < 1.29 is 0 Å². The lowest BCUT2D eigenvalue weighted by Gasteiger charge is -2.07. The molecule has 1 unspecified atom stereocenters. The number of aromatic nitrogens is 2. The topological polar surface area (TPSA) is 61.6 Å². The first-order valence-electron chi connectivity index (χ1n) is 4.57. The third-order valence-electron chi connectivity index (χ3n) is 1.78. The van der Waals surface area contributed by atoms with Gasteiger partial charge >= 0.3 is 0 Å². The number of nitrogens with one attached hydrogen (secondary N) is 1. The van der Waals surface area contributed by atoms with Crippen LogP contribution in [0, 0.1) is 31.1 Å². The minimum atomic E-state index is -0.00872. The van der Waals surface area contributed by atoms with E-state index in [0.29, 0.717) is 6.54 Å². The molecule has 1 aromatic heterocycles. The molecule has 1 heterocycles. The fourth-order valence-corrected chi connectivity index (χ4v) is 1.11. The third kappa shape index (κ3) is 3.02. The van der Waals surface area contributed by atoms with Crippen molar-refractivity contribution in [1.82, 2.24) is 9.97 Å². The Morgan fingerprint density at radius 3 is 2.79 bits per heavy atom. The molecule has 74 valence electrons. The molecule has 0 fully saturated rings. The number of hydrogen-bond acceptors (Lipinski definition) is 4. The summed E-state index contributed by atoms with van der Waals surface area (Å²) in [6.07, 6.45) is 0. The number of hydrogen-bond donors (Lipinski definition) is 1. The molecule has 0 aliphatic rings. The summed E-state index contributed by atoms with van der Waals surface area (Å²) in [6, 6.07) is 4.03. The predicted octanol–water partition coefficient (Wildman–Crippen LogP) is 1.67. The van der Waals surface area contributed by atoms with Crippen molar-refractivity contribution in [3.05, 3.63) is 17.6 Å². The Morgan fingerprint density at radius 2 is 2.21 bits per heavy atom. The number of anilines is 1. The highest BCUT2D eigenvalue weighted by Crippen LogP contribution is 2.06. The van der Waals surface area contributed by atoms with Crippen LogP contribution in [0.1, 0.15) is 18.4 Å². The summed E-state index contributed by atoms with van der Waals surface area (Å²) in [5.74, 6) is 1.53. The highest BCUT2D eigenvalue weighted by atomic mass is 15.0. The van der Waals surface area contributed by atoms with Gasteiger partial charge in [0.05, 0.1) is 12.0 Å². The summed E-state index contributed by atoms with van der Waals surface area (Å²) < 4.78 is 0. The molecular formula is C10H14N4. The summed E-state index contributed by atoms with van der Waals surface area (Å²) in [4.78, 5) is 8.37. The van der Waals surface area contributed by atoms with E-state index in [2.05, 4.69) is 21.4 Å². The molecule has 1 aromatic rings. The predicted molar refractivity (Wildman–Crippen MR) is 54.8 cm³/mol. The van der Waals surface area contributed by atoms with Crippen molar-refractivity contribution in [1.29, 1.82) is 5.26 Å². The van der Waals surface area contributed by atoms with Crippen molar-refractivity contribution >= 4 is 5.82 Å². The third-order valence-corrected chi connectivity index (χ3v) is 1.78. The molecule has 0 aromatic carbocycles. The molecule has 0 radical (unpaired) electrons. The van der Waals surface area contributed by atoms with Gasteiger partial charge in [-0.25, -0.2) is 9.97 Å². The van der Waals surface area contributed by atoms with E-state index in [1.807, 2.05) is 26.8 Å². The van der Waals surface area contributed by atoms with Gasteiger partial charge in [0.1, 0.15) is 11.6 Å². The van der Waals surface area contributed by atoms with Crippen molar-refractivity contribution in [3.8, 4) is 6.07 Å². The maximum absolute atomic E-state index is 8.60. The van der Waals surface area contributed by atoms with Gasteiger partial charge in [-0.15, -0.1) is 0 Å². The van der Waals surface area contributed by atoms with Gasteiger partial charge in [-0.05, 0) is 20.8 Å². The van der Waals surface area contributed by atoms with Crippen molar-refractivity contribution in [2.24, 2.45) is 5.92 Å². The first kappa shape index (κ1) is 10.5. The molecule has 14 heavy (non-hydrogen) atoms. The van der Waals surface area contributed by atoms with Gasteiger partial charge in [-0.1, -0.05) is 0 Å². The van der Waals surface area contributed by atoms with E-state index in [1.54, 1.807) is 0 Å². The van der Waals surface area contributed by atoms with Crippen LogP contribution in [-0.2, 0) is 0 Å². The minimum absolute atomic E-state index is 0.00872. The van der Waals surface area contributed by atoms with Crippen molar-refractivity contribution in [3.63, 3.8) is 0 Å². The zero-order valence-electron chi connectivity index (χ0n) is 8.70. The Morgan fingerprint density at radius 1 is 1.50 bits per heavy atom. The van der Waals surface area contributed by atoms with E-state index in [-0.39, 0.29) is 5.92 Å². The second-order valence-corrected chi connectivity index (χ2v) is 3.35. The van der Waals surface area contributed by atoms with Crippen LogP contribution >= 0.6 is 0 Å². The van der Waals surface area contributed by atoms with Gasteiger partial charge in [0.2, 0.25) is 0 Å². The lowest BCUT2D eigenvalue weighted by molar-refractivity contribution is 0.781. The molecule has 4 nitrogen and oxygen atoms in total. The summed E-state index contributed by atoms with van der Waals surface area (Å²) >= 11 is 0. The maximum atomic E-state index is 8.60. The standard InChI is InChI=1S/C10H14N4/c1-7(5-11)6-12-10-4-8(2)13-9(3)14-10/h4,7H,6H2,1-3H3,(H,12,13,14). The van der Waals surface area contributed by atoms with E-state index in [1.165, 1.54) is 0 Å². The summed E-state index contributed by atoms with van der Waals surface area (Å²) in [5, 5.41) is 11.7. The van der Waals surface area contributed by atoms with Gasteiger partial charge in [-0.3, -0.25) is 0 Å². The molecule has 0 bridgehead atoms. The average Bonchev–Trinajstić information content (AvgIpc) is 2.12. The molecule has 1 atom stereocenters. The number of nitriles is 1. The van der Waals surface area contributed by atoms with Gasteiger partial charge in [0, 0.05) is 18.3 Å². The van der Waals surface area contributed by atoms with Crippen molar-refractivity contribution in [2.45, 2.75) is 20.8 Å². The molecule has 0 saturated carbocycles. The molecule has 0 spiro atoms. The lowest BCUT2D eigenvalue weighted by Crippen LogP contribution is -2.11. The van der Waals surface area contributed by atoms with Crippen LogP contribution in [-0.4, -0.2) is 16.5 Å². The zero-order valence-corrected chi connectivity index (χ0v) is 8.70. The van der Waals surface area contributed by atoms with Crippen LogP contribution in [0.3, 0.4) is 0 Å². The molecule has 1 N–H and O–H groups in total. The van der Waals surface area contributed by atoms with Crippen LogP contribution in [0.15, 0.2) is 6.07 Å². The normalized spacial score (nSPS) is 11.9. The molecule has 0 saturated heterocycles. The van der Waals surface area contributed by atoms with Crippen LogP contribution in [0.25, 0.3) is 0 Å². The van der Waals surface area contributed by atoms with Gasteiger partial charge in [-0.2, -0.15) is 5.26 Å². The highest BCUT2D eigenvalue weighted by molar-refractivity contribution is 5.35. The smallest absolute Gasteiger partial charge is 0.129 e. The Labute approximate surface area is 84.0 Å². The van der Waals surface area contributed by atoms with E-state index >= 15 is 0 Å². The van der Waals surface area contributed by atoms with Gasteiger partial charge in [0.25, 0.3) is 0 Å². The fraction of sp³-hybridized carbons (Fsp3) is 0.500. The highest BCUT2D eigenvalue weighted by Gasteiger charge is 2.01. The van der Waals surface area contributed by atoms with E-state index in [9.17, 15) is 0 Å². The molecule has 1 rings (SSSR count). The largest absolute Gasteiger partial charge is 0.369 e. The quantitative estimate of drug-likeness (QED) is 0.787. The Kier molecular flexibility index (Phi) is 3.41.